The van der Waals surface area contributed by atoms with E-state index in [1.165, 1.54) is 65.3 Å². The first-order chi connectivity index (χ1) is 31.3. The molecule has 0 spiro atoms. The fourth-order valence-corrected chi connectivity index (χ4v) is 15.9. The highest BCUT2D eigenvalue weighted by molar-refractivity contribution is 7.20. The van der Waals surface area contributed by atoms with E-state index in [0.29, 0.717) is 0 Å². The average Bonchev–Trinajstić information content (AvgIpc) is 3.37. The van der Waals surface area contributed by atoms with E-state index >= 15 is 0 Å². The molecule has 2 nitrogen and oxygen atoms in total. The van der Waals surface area contributed by atoms with Crippen LogP contribution in [0.5, 0.6) is 0 Å². The smallest absolute Gasteiger partial charge is 0.179 e. The molecule has 0 aliphatic heterocycles. The zero-order valence-electron chi connectivity index (χ0n) is 34.6. The van der Waals surface area contributed by atoms with Gasteiger partial charge >= 0.3 is 0 Å². The average molecular weight is 819 g/mol. The van der Waals surface area contributed by atoms with Gasteiger partial charge in [0.2, 0.25) is 0 Å². The molecule has 2 atom stereocenters. The molecule has 3 aliphatic carbocycles. The van der Waals surface area contributed by atoms with Crippen molar-refractivity contribution in [3.8, 4) is 45.0 Å². The predicted molar refractivity (Wildman–Crippen MR) is 262 cm³/mol. The molecular formula is C60H42N2Si. The summed E-state index contributed by atoms with van der Waals surface area (Å²) < 4.78 is 0. The van der Waals surface area contributed by atoms with Crippen LogP contribution in [0.4, 0.5) is 0 Å². The van der Waals surface area contributed by atoms with Crippen molar-refractivity contribution in [3.63, 3.8) is 0 Å². The van der Waals surface area contributed by atoms with Crippen molar-refractivity contribution in [2.45, 2.75) is 11.8 Å². The molecule has 10 aromatic rings. The molecule has 0 saturated carbocycles. The number of hydrogen-bond donors (Lipinski definition) is 0. The molecule has 296 valence electrons. The van der Waals surface area contributed by atoms with Gasteiger partial charge in [0.25, 0.3) is 0 Å². The van der Waals surface area contributed by atoms with Crippen LogP contribution in [0.25, 0.3) is 45.0 Å². The maximum Gasteiger partial charge on any atom is 0.179 e. The van der Waals surface area contributed by atoms with Gasteiger partial charge in [-0.3, -0.25) is 0 Å². The molecule has 3 aliphatic rings. The van der Waals surface area contributed by atoms with E-state index in [1.807, 2.05) is 6.07 Å². The van der Waals surface area contributed by atoms with Crippen molar-refractivity contribution >= 4 is 28.8 Å². The lowest BCUT2D eigenvalue weighted by Crippen LogP contribution is -2.75. The third-order valence-electron chi connectivity index (χ3n) is 13.4. The van der Waals surface area contributed by atoms with Crippen molar-refractivity contribution in [1.82, 2.24) is 9.97 Å². The van der Waals surface area contributed by atoms with E-state index in [1.54, 1.807) is 0 Å². The molecule has 3 heteroatoms. The molecule has 2 unspecified atom stereocenters. The van der Waals surface area contributed by atoms with Crippen molar-refractivity contribution in [2.75, 3.05) is 0 Å². The Kier molecular flexibility index (Phi) is 9.02. The minimum atomic E-state index is -3.05. The second-order valence-electron chi connectivity index (χ2n) is 16.7. The standard InChI is InChI=1S/C60H42N2Si/c1-6-21-41(22-7-1)44-27-18-32-47(39-44)63(45-28-12-4-13-29-45,46-30-14-5-15-31-46)55-38-20-37-52-56-48-33-16-17-34-49(48)59(58(52)55)57-50(35-19-36-51(56)57)54-40-53(42-23-8-2-9-24-42)61-60(62-54)43-25-10-3-11-26-43/h1-40,56,59H. The van der Waals surface area contributed by atoms with Gasteiger partial charge in [-0.15, -0.1) is 0 Å². The molecule has 1 heterocycles. The quantitative estimate of drug-likeness (QED) is 0.113. The molecule has 2 bridgehead atoms. The highest BCUT2D eigenvalue weighted by atomic mass is 28.3. The van der Waals surface area contributed by atoms with Gasteiger partial charge in [0.05, 0.1) is 11.4 Å². The van der Waals surface area contributed by atoms with Crippen LogP contribution < -0.4 is 20.7 Å². The highest BCUT2D eigenvalue weighted by Crippen LogP contribution is 2.57. The topological polar surface area (TPSA) is 25.8 Å². The highest BCUT2D eigenvalue weighted by Gasteiger charge is 2.50. The van der Waals surface area contributed by atoms with E-state index in [4.69, 9.17) is 9.97 Å². The summed E-state index contributed by atoms with van der Waals surface area (Å²) in [6.45, 7) is 0. The summed E-state index contributed by atoms with van der Waals surface area (Å²) in [6, 6.07) is 89.6. The molecule has 13 rings (SSSR count). The van der Waals surface area contributed by atoms with Gasteiger partial charge in [0, 0.05) is 28.5 Å². The second-order valence-corrected chi connectivity index (χ2v) is 20.5. The molecule has 1 aromatic heterocycles. The van der Waals surface area contributed by atoms with E-state index in [9.17, 15) is 0 Å². The first kappa shape index (κ1) is 37.1. The molecule has 0 amide bonds. The minimum Gasteiger partial charge on any atom is -0.228 e. The van der Waals surface area contributed by atoms with Gasteiger partial charge in [0.1, 0.15) is 0 Å². The Balaban J connectivity index is 1.16. The van der Waals surface area contributed by atoms with E-state index in [0.717, 1.165) is 33.9 Å². The lowest BCUT2D eigenvalue weighted by molar-refractivity contribution is 0.759. The van der Waals surface area contributed by atoms with Crippen LogP contribution in [0, 0.1) is 0 Å². The summed E-state index contributed by atoms with van der Waals surface area (Å²) in [5.74, 6) is 0.759. The Morgan fingerprint density at radius 3 is 1.41 bits per heavy atom. The maximum atomic E-state index is 5.45. The Morgan fingerprint density at radius 2 is 0.762 bits per heavy atom. The van der Waals surface area contributed by atoms with Crippen LogP contribution in [0.3, 0.4) is 0 Å². The van der Waals surface area contributed by atoms with Gasteiger partial charge < -0.3 is 0 Å². The van der Waals surface area contributed by atoms with Crippen molar-refractivity contribution in [1.29, 1.82) is 0 Å². The lowest BCUT2D eigenvalue weighted by Gasteiger charge is -2.46. The Bertz CT molecular complexity index is 3180. The predicted octanol–water partition coefficient (Wildman–Crippen LogP) is 11.5. The van der Waals surface area contributed by atoms with Gasteiger partial charge in [-0.2, -0.15) is 0 Å². The Labute approximate surface area is 369 Å². The van der Waals surface area contributed by atoms with Gasteiger partial charge in [-0.25, -0.2) is 9.97 Å². The van der Waals surface area contributed by atoms with Gasteiger partial charge in [-0.1, -0.05) is 237 Å². The second kappa shape index (κ2) is 15.3. The zero-order valence-corrected chi connectivity index (χ0v) is 35.6. The maximum absolute atomic E-state index is 5.45. The summed E-state index contributed by atoms with van der Waals surface area (Å²) in [5, 5.41) is 5.54. The van der Waals surface area contributed by atoms with Crippen molar-refractivity contribution < 1.29 is 0 Å². The van der Waals surface area contributed by atoms with Crippen LogP contribution in [-0.2, 0) is 0 Å². The fourth-order valence-electron chi connectivity index (χ4n) is 10.8. The first-order valence-electron chi connectivity index (χ1n) is 21.9. The number of aromatic nitrogens is 2. The number of rotatable bonds is 8. The molecule has 0 fully saturated rings. The van der Waals surface area contributed by atoms with Crippen LogP contribution in [0.2, 0.25) is 0 Å². The Hall–Kier alpha value is -7.72. The van der Waals surface area contributed by atoms with Crippen molar-refractivity contribution in [2.24, 2.45) is 0 Å². The summed E-state index contributed by atoms with van der Waals surface area (Å²) in [6.07, 6.45) is 0. The molecule has 0 saturated heterocycles. The van der Waals surface area contributed by atoms with Crippen molar-refractivity contribution in [3.05, 3.63) is 276 Å². The fraction of sp³-hybridized carbons (Fsp3) is 0.0333. The summed E-state index contributed by atoms with van der Waals surface area (Å²) in [4.78, 5) is 10.7. The largest absolute Gasteiger partial charge is 0.228 e. The van der Waals surface area contributed by atoms with Gasteiger partial charge in [-0.05, 0) is 71.3 Å². The summed E-state index contributed by atoms with van der Waals surface area (Å²) in [7, 11) is -3.05. The number of nitrogens with zero attached hydrogens (tertiary/aromatic N) is 2. The molecule has 9 aromatic carbocycles. The Morgan fingerprint density at radius 1 is 0.302 bits per heavy atom. The SMILES string of the molecule is c1ccc(-c2cccc([Si](c3ccccc3)(c3ccccc3)c3cccc4c3C3c5ccccc5C4c4cccc(-c5cc(-c6ccccc6)nc(-c6ccccc6)n5)c43)c2)cc1. The number of benzene rings is 9. The van der Waals surface area contributed by atoms with E-state index in [-0.39, 0.29) is 11.8 Å². The minimum absolute atomic E-state index is 0.0319. The zero-order chi connectivity index (χ0) is 41.7. The summed E-state index contributed by atoms with van der Waals surface area (Å²) >= 11 is 0. The summed E-state index contributed by atoms with van der Waals surface area (Å²) in [5.41, 5.74) is 15.9. The van der Waals surface area contributed by atoms with E-state index in [2.05, 4.69) is 237 Å². The van der Waals surface area contributed by atoms with Crippen LogP contribution in [-0.4, -0.2) is 18.0 Å². The number of hydrogen-bond acceptors (Lipinski definition) is 2. The van der Waals surface area contributed by atoms with Crippen LogP contribution in [0.15, 0.2) is 243 Å². The third-order valence-corrected chi connectivity index (χ3v) is 18.2. The van der Waals surface area contributed by atoms with Crippen LogP contribution in [0.1, 0.15) is 45.2 Å². The lowest BCUT2D eigenvalue weighted by atomic mass is 9.60. The molecule has 63 heavy (non-hydrogen) atoms. The van der Waals surface area contributed by atoms with Crippen LogP contribution >= 0.6 is 0 Å². The first-order valence-corrected chi connectivity index (χ1v) is 23.9. The molecular weight excluding hydrogens is 777 g/mol. The molecule has 0 N–H and O–H groups in total. The molecule has 0 radical (unpaired) electrons. The normalized spacial score (nSPS) is 14.7. The van der Waals surface area contributed by atoms with E-state index < -0.39 is 8.07 Å². The van der Waals surface area contributed by atoms with Gasteiger partial charge in [0.15, 0.2) is 13.9 Å². The third kappa shape index (κ3) is 6.00. The monoisotopic (exact) mass is 818 g/mol.